The molecule has 0 bridgehead atoms. The minimum Gasteiger partial charge on any atom is -0.462 e. The fourth-order valence-corrected chi connectivity index (χ4v) is 8.09. The van der Waals surface area contributed by atoms with Crippen molar-refractivity contribution in [3.8, 4) is 0 Å². The van der Waals surface area contributed by atoms with E-state index in [9.17, 15) is 14.4 Å². The van der Waals surface area contributed by atoms with Crippen molar-refractivity contribution in [3.05, 3.63) is 97.2 Å². The van der Waals surface area contributed by atoms with Crippen LogP contribution in [-0.4, -0.2) is 37.2 Å². The first-order valence-corrected chi connectivity index (χ1v) is 29.7. The van der Waals surface area contributed by atoms with Crippen LogP contribution in [-0.2, 0) is 28.6 Å². The number of unbranched alkanes of at least 4 members (excludes halogenated alkanes) is 26. The van der Waals surface area contributed by atoms with E-state index in [4.69, 9.17) is 14.2 Å². The Morgan fingerprint density at radius 3 is 0.915 bits per heavy atom. The normalized spacial score (nSPS) is 12.8. The molecule has 0 amide bonds. The quantitative estimate of drug-likeness (QED) is 0.0261. The maximum atomic E-state index is 12.9. The molecular weight excluding hydrogens is 877 g/mol. The molecule has 0 N–H and O–H groups in total. The summed E-state index contributed by atoms with van der Waals surface area (Å²) in [5.74, 6) is -0.971. The number of hydrogen-bond acceptors (Lipinski definition) is 6. The van der Waals surface area contributed by atoms with Gasteiger partial charge in [0.2, 0.25) is 0 Å². The Hall–Kier alpha value is -3.67. The zero-order valence-electron chi connectivity index (χ0n) is 46.5. The molecule has 71 heavy (non-hydrogen) atoms. The minimum atomic E-state index is -0.813. The van der Waals surface area contributed by atoms with Crippen molar-refractivity contribution in [2.75, 3.05) is 13.2 Å². The van der Waals surface area contributed by atoms with Crippen LogP contribution in [0.15, 0.2) is 97.2 Å². The van der Waals surface area contributed by atoms with Gasteiger partial charge in [0.15, 0.2) is 6.10 Å². The van der Waals surface area contributed by atoms with Crippen LogP contribution < -0.4 is 0 Å². The van der Waals surface area contributed by atoms with E-state index in [1.54, 1.807) is 0 Å². The minimum absolute atomic E-state index is 0.105. The predicted molar refractivity (Wildman–Crippen MR) is 307 cm³/mol. The Kier molecular flexibility index (Phi) is 55.9. The average molecular weight is 988 g/mol. The van der Waals surface area contributed by atoms with Crippen LogP contribution in [0.4, 0.5) is 0 Å². The first-order chi connectivity index (χ1) is 35.0. The van der Waals surface area contributed by atoms with Crippen molar-refractivity contribution in [2.24, 2.45) is 0 Å². The standard InChI is InChI=1S/C65H110O6/c1-4-7-10-13-16-19-22-25-28-31-32-35-37-40-43-46-49-52-55-58-64(67)70-61-62(71-65(68)59-56-53-50-47-44-41-38-34-30-27-24-21-18-15-12-9-6-3)60-69-63(66)57-54-51-48-45-42-39-36-33-29-26-23-20-17-14-11-8-5-2/h7,10,16,19,25-30,32,35,38,41,47,50,62H,4-6,8-9,11-15,17-18,20-24,31,33-34,36-37,39-40,42-46,48-49,51-61H2,1-3H3/b10-7-,19-16-,28-25-,29-26-,30-27-,35-32-,41-38-,50-47-. The summed E-state index contributed by atoms with van der Waals surface area (Å²) < 4.78 is 16.8. The lowest BCUT2D eigenvalue weighted by atomic mass is 10.1. The number of hydrogen-bond donors (Lipinski definition) is 0. The summed E-state index contributed by atoms with van der Waals surface area (Å²) >= 11 is 0. The lowest BCUT2D eigenvalue weighted by Crippen LogP contribution is -2.30. The van der Waals surface area contributed by atoms with Crippen molar-refractivity contribution in [1.29, 1.82) is 0 Å². The highest BCUT2D eigenvalue weighted by Crippen LogP contribution is 2.14. The van der Waals surface area contributed by atoms with E-state index in [1.807, 2.05) is 0 Å². The third kappa shape index (κ3) is 57.1. The maximum Gasteiger partial charge on any atom is 0.306 e. The van der Waals surface area contributed by atoms with Crippen LogP contribution in [0, 0.1) is 0 Å². The van der Waals surface area contributed by atoms with Crippen LogP contribution in [0.1, 0.15) is 278 Å². The van der Waals surface area contributed by atoms with Crippen molar-refractivity contribution >= 4 is 17.9 Å². The highest BCUT2D eigenvalue weighted by atomic mass is 16.6. The molecule has 0 spiro atoms. The van der Waals surface area contributed by atoms with Gasteiger partial charge in [0, 0.05) is 19.3 Å². The summed E-state index contributed by atoms with van der Waals surface area (Å²) in [6, 6.07) is 0. The number of allylic oxidation sites excluding steroid dienone is 16. The molecule has 6 heteroatoms. The van der Waals surface area contributed by atoms with Gasteiger partial charge in [-0.1, -0.05) is 240 Å². The number of ether oxygens (including phenoxy) is 3. The van der Waals surface area contributed by atoms with Gasteiger partial charge in [-0.15, -0.1) is 0 Å². The number of carbonyl (C=O) groups is 3. The van der Waals surface area contributed by atoms with Gasteiger partial charge in [-0.05, 0) is 116 Å². The summed E-state index contributed by atoms with van der Waals surface area (Å²) in [6.45, 7) is 6.47. The summed E-state index contributed by atoms with van der Waals surface area (Å²) in [5, 5.41) is 0. The van der Waals surface area contributed by atoms with Crippen LogP contribution in [0.25, 0.3) is 0 Å². The third-order valence-corrected chi connectivity index (χ3v) is 12.5. The molecule has 0 rings (SSSR count). The molecule has 1 atom stereocenters. The first kappa shape index (κ1) is 67.3. The van der Waals surface area contributed by atoms with Crippen LogP contribution >= 0.6 is 0 Å². The first-order valence-electron chi connectivity index (χ1n) is 29.7. The molecule has 6 nitrogen and oxygen atoms in total. The zero-order valence-corrected chi connectivity index (χ0v) is 46.5. The molecule has 0 aliphatic carbocycles. The number of carbonyl (C=O) groups excluding carboxylic acids is 3. The van der Waals surface area contributed by atoms with E-state index in [-0.39, 0.29) is 37.5 Å². The van der Waals surface area contributed by atoms with Gasteiger partial charge in [-0.3, -0.25) is 14.4 Å². The second-order valence-corrected chi connectivity index (χ2v) is 19.5. The van der Waals surface area contributed by atoms with E-state index >= 15 is 0 Å². The van der Waals surface area contributed by atoms with Gasteiger partial charge < -0.3 is 14.2 Å². The summed E-state index contributed by atoms with van der Waals surface area (Å²) in [7, 11) is 0. The Labute approximate surface area is 438 Å². The topological polar surface area (TPSA) is 78.9 Å². The van der Waals surface area contributed by atoms with E-state index in [2.05, 4.69) is 118 Å². The molecule has 0 aromatic heterocycles. The Morgan fingerprint density at radius 1 is 0.296 bits per heavy atom. The van der Waals surface area contributed by atoms with Gasteiger partial charge in [-0.2, -0.15) is 0 Å². The van der Waals surface area contributed by atoms with E-state index < -0.39 is 6.10 Å². The van der Waals surface area contributed by atoms with Crippen molar-refractivity contribution < 1.29 is 28.6 Å². The monoisotopic (exact) mass is 987 g/mol. The smallest absolute Gasteiger partial charge is 0.306 e. The highest BCUT2D eigenvalue weighted by molar-refractivity contribution is 5.71. The van der Waals surface area contributed by atoms with Gasteiger partial charge >= 0.3 is 17.9 Å². The molecular formula is C65H110O6. The largest absolute Gasteiger partial charge is 0.462 e. The molecule has 0 aromatic rings. The lowest BCUT2D eigenvalue weighted by molar-refractivity contribution is -0.167. The van der Waals surface area contributed by atoms with Crippen LogP contribution in [0.5, 0.6) is 0 Å². The highest BCUT2D eigenvalue weighted by Gasteiger charge is 2.19. The second-order valence-electron chi connectivity index (χ2n) is 19.5. The van der Waals surface area contributed by atoms with Gasteiger partial charge in [0.25, 0.3) is 0 Å². The van der Waals surface area contributed by atoms with E-state index in [0.29, 0.717) is 19.3 Å². The Bertz CT molecular complexity index is 1410. The van der Waals surface area contributed by atoms with Gasteiger partial charge in [-0.25, -0.2) is 0 Å². The summed E-state index contributed by atoms with van der Waals surface area (Å²) in [5.41, 5.74) is 0. The van der Waals surface area contributed by atoms with Gasteiger partial charge in [0.05, 0.1) is 0 Å². The fourth-order valence-electron chi connectivity index (χ4n) is 8.09. The lowest BCUT2D eigenvalue weighted by Gasteiger charge is -2.18. The van der Waals surface area contributed by atoms with Crippen molar-refractivity contribution in [2.45, 2.75) is 284 Å². The molecule has 0 fully saturated rings. The van der Waals surface area contributed by atoms with E-state index in [0.717, 1.165) is 96.3 Å². The van der Waals surface area contributed by atoms with Crippen LogP contribution in [0.2, 0.25) is 0 Å². The second kappa shape index (κ2) is 58.9. The summed E-state index contributed by atoms with van der Waals surface area (Å²) in [6.07, 6.45) is 78.3. The maximum absolute atomic E-state index is 12.9. The molecule has 1 unspecified atom stereocenters. The molecule has 0 aliphatic rings. The van der Waals surface area contributed by atoms with Crippen molar-refractivity contribution in [3.63, 3.8) is 0 Å². The molecule has 0 heterocycles. The van der Waals surface area contributed by atoms with Crippen LogP contribution in [0.3, 0.4) is 0 Å². The average Bonchev–Trinajstić information content (AvgIpc) is 3.37. The number of esters is 3. The molecule has 0 saturated carbocycles. The fraction of sp³-hybridized carbons (Fsp3) is 0.708. The molecule has 406 valence electrons. The van der Waals surface area contributed by atoms with Gasteiger partial charge in [0.1, 0.15) is 13.2 Å². The molecule has 0 aromatic carbocycles. The zero-order chi connectivity index (χ0) is 51.4. The van der Waals surface area contributed by atoms with Crippen molar-refractivity contribution in [1.82, 2.24) is 0 Å². The molecule has 0 radical (unpaired) electrons. The van der Waals surface area contributed by atoms with E-state index in [1.165, 1.54) is 135 Å². The molecule has 0 saturated heterocycles. The molecule has 0 aliphatic heterocycles. The Balaban J connectivity index is 4.49. The predicted octanol–water partition coefficient (Wildman–Crippen LogP) is 20.1. The SMILES string of the molecule is CC/C=C\C/C=C\C/C=C\C/C=C\CCCCCCCCC(=O)OCC(COC(=O)CCCCCCCCC/C=C\CCCCCCCC)OC(=O)CCC/C=C\C/C=C\C/C=C\CCCCCCCC. The Morgan fingerprint density at radius 2 is 0.563 bits per heavy atom. The number of rotatable bonds is 53. The summed E-state index contributed by atoms with van der Waals surface area (Å²) in [4.78, 5) is 38.2. The third-order valence-electron chi connectivity index (χ3n) is 12.5.